The van der Waals surface area contributed by atoms with Crippen LogP contribution in [0.1, 0.15) is 16.1 Å². The number of amides is 1. The Labute approximate surface area is 167 Å². The van der Waals surface area contributed by atoms with Crippen molar-refractivity contribution in [3.8, 4) is 0 Å². The Morgan fingerprint density at radius 2 is 1.72 bits per heavy atom. The third-order valence-electron chi connectivity index (χ3n) is 4.34. The lowest BCUT2D eigenvalue weighted by Gasteiger charge is -2.14. The van der Waals surface area contributed by atoms with Crippen molar-refractivity contribution in [2.24, 2.45) is 0 Å². The summed E-state index contributed by atoms with van der Waals surface area (Å²) in [5.74, 6) is 0.416. The Bertz CT molecular complexity index is 1180. The van der Waals surface area contributed by atoms with E-state index >= 15 is 0 Å². The lowest BCUT2D eigenvalue weighted by atomic mass is 10.1. The first-order valence-electron chi connectivity index (χ1n) is 8.97. The van der Waals surface area contributed by atoms with E-state index in [1.807, 2.05) is 43.3 Å². The number of nitrogens with one attached hydrogen (secondary N) is 3. The molecule has 0 saturated carbocycles. The van der Waals surface area contributed by atoms with Crippen molar-refractivity contribution in [3.05, 3.63) is 78.2 Å². The highest BCUT2D eigenvalue weighted by molar-refractivity contribution is 5.96. The van der Waals surface area contributed by atoms with Gasteiger partial charge in [0.1, 0.15) is 12.0 Å². The van der Waals surface area contributed by atoms with Gasteiger partial charge in [0, 0.05) is 22.3 Å². The first-order chi connectivity index (χ1) is 14.1. The number of anilines is 4. The number of nitrogens with two attached hydrogens (primary N) is 1. The van der Waals surface area contributed by atoms with Crippen LogP contribution in [0, 0.1) is 6.92 Å². The molecule has 0 spiro atoms. The molecule has 4 aromatic rings. The first-order valence-corrected chi connectivity index (χ1v) is 8.97. The number of hydrazine groups is 1. The number of pyridine rings is 1. The summed E-state index contributed by atoms with van der Waals surface area (Å²) in [6.07, 6.45) is 1.36. The second kappa shape index (κ2) is 7.81. The summed E-state index contributed by atoms with van der Waals surface area (Å²) in [6, 6.07) is 18.6. The van der Waals surface area contributed by atoms with E-state index in [2.05, 4.69) is 31.1 Å². The molecule has 0 saturated heterocycles. The van der Waals surface area contributed by atoms with Crippen LogP contribution < -0.4 is 21.9 Å². The van der Waals surface area contributed by atoms with Gasteiger partial charge in [-0.1, -0.05) is 24.3 Å². The minimum Gasteiger partial charge on any atom is -0.393 e. The zero-order chi connectivity index (χ0) is 20.2. The maximum atomic E-state index is 12.2. The number of aryl methyl sites for hydroxylation is 1. The molecule has 2 aromatic heterocycles. The van der Waals surface area contributed by atoms with Gasteiger partial charge in [-0.3, -0.25) is 20.6 Å². The number of rotatable bonds is 5. The van der Waals surface area contributed by atoms with Crippen molar-refractivity contribution in [1.29, 1.82) is 0 Å². The van der Waals surface area contributed by atoms with Crippen LogP contribution >= 0.6 is 0 Å². The Balaban J connectivity index is 1.55. The molecule has 0 aliphatic heterocycles. The summed E-state index contributed by atoms with van der Waals surface area (Å²) in [7, 11) is 0. The lowest BCUT2D eigenvalue weighted by Crippen LogP contribution is -2.30. The monoisotopic (exact) mass is 385 g/mol. The molecule has 0 radical (unpaired) electrons. The molecular weight excluding hydrogens is 366 g/mol. The lowest BCUT2D eigenvalue weighted by molar-refractivity contribution is 0.0962. The molecule has 8 nitrogen and oxygen atoms in total. The number of nitrogen functional groups attached to an aromatic ring is 1. The number of benzene rings is 2. The number of hydrogen-bond acceptors (Lipinski definition) is 7. The van der Waals surface area contributed by atoms with E-state index in [1.165, 1.54) is 6.33 Å². The van der Waals surface area contributed by atoms with E-state index in [4.69, 9.17) is 5.73 Å². The summed E-state index contributed by atoms with van der Waals surface area (Å²) in [5.41, 5.74) is 15.0. The molecule has 5 N–H and O–H groups in total. The van der Waals surface area contributed by atoms with Gasteiger partial charge in [-0.05, 0) is 43.3 Å². The SMILES string of the molecule is Cc1ccc2c(Nc3ncnc(NNC(=O)c4ccccc4)c3N)cccc2n1. The molecule has 0 unspecified atom stereocenters. The molecule has 4 rings (SSSR count). The second-order valence-corrected chi connectivity index (χ2v) is 6.38. The average Bonchev–Trinajstić information content (AvgIpc) is 2.74. The topological polar surface area (TPSA) is 118 Å². The maximum Gasteiger partial charge on any atom is 0.269 e. The fourth-order valence-electron chi connectivity index (χ4n) is 2.87. The molecule has 1 amide bonds. The number of aromatic nitrogens is 3. The first kappa shape index (κ1) is 18.2. The Morgan fingerprint density at radius 3 is 2.55 bits per heavy atom. The highest BCUT2D eigenvalue weighted by atomic mass is 16.2. The summed E-state index contributed by atoms with van der Waals surface area (Å²) in [5, 5.41) is 4.17. The van der Waals surface area contributed by atoms with Crippen LogP contribution in [0.5, 0.6) is 0 Å². The number of carbonyl (C=O) groups excluding carboxylic acids is 1. The molecule has 0 aliphatic carbocycles. The molecular formula is C21H19N7O. The molecule has 0 bridgehead atoms. The Hall–Kier alpha value is -4.20. The van der Waals surface area contributed by atoms with Gasteiger partial charge in [0.2, 0.25) is 0 Å². The fraction of sp³-hybridized carbons (Fsp3) is 0.0476. The summed E-state index contributed by atoms with van der Waals surface area (Å²) >= 11 is 0. The Morgan fingerprint density at radius 1 is 0.931 bits per heavy atom. The minimum absolute atomic E-state index is 0.276. The fourth-order valence-corrected chi connectivity index (χ4v) is 2.87. The van der Waals surface area contributed by atoms with Gasteiger partial charge in [-0.15, -0.1) is 0 Å². The number of nitrogens with zero attached hydrogens (tertiary/aromatic N) is 3. The third kappa shape index (κ3) is 3.91. The Kier molecular flexibility index (Phi) is 4.90. The molecule has 0 atom stereocenters. The van der Waals surface area contributed by atoms with E-state index in [-0.39, 0.29) is 11.6 Å². The number of hydrogen-bond donors (Lipinski definition) is 4. The van der Waals surface area contributed by atoms with Crippen molar-refractivity contribution >= 4 is 39.8 Å². The van der Waals surface area contributed by atoms with E-state index in [9.17, 15) is 4.79 Å². The summed E-state index contributed by atoms with van der Waals surface area (Å²) in [4.78, 5) is 25.1. The van der Waals surface area contributed by atoms with Crippen LogP contribution in [0.2, 0.25) is 0 Å². The minimum atomic E-state index is -0.298. The predicted octanol–water partition coefficient (Wildman–Crippen LogP) is 3.42. The van der Waals surface area contributed by atoms with E-state index in [0.29, 0.717) is 17.2 Å². The third-order valence-corrected chi connectivity index (χ3v) is 4.34. The molecule has 29 heavy (non-hydrogen) atoms. The average molecular weight is 385 g/mol. The van der Waals surface area contributed by atoms with Crippen molar-refractivity contribution in [2.45, 2.75) is 6.92 Å². The molecule has 8 heteroatoms. The molecule has 0 aliphatic rings. The van der Waals surface area contributed by atoms with E-state index in [1.54, 1.807) is 24.3 Å². The molecule has 144 valence electrons. The largest absolute Gasteiger partial charge is 0.393 e. The van der Waals surface area contributed by atoms with Gasteiger partial charge >= 0.3 is 0 Å². The van der Waals surface area contributed by atoms with Crippen molar-refractivity contribution < 1.29 is 4.79 Å². The van der Waals surface area contributed by atoms with Gasteiger partial charge < -0.3 is 11.1 Å². The van der Waals surface area contributed by atoms with Crippen molar-refractivity contribution in [2.75, 3.05) is 16.5 Å². The standard InChI is InChI=1S/C21H19N7O/c1-13-10-11-15-16(25-13)8-5-9-17(15)26-19-18(22)20(24-12-23-19)27-28-21(29)14-6-3-2-4-7-14/h2-12H,22H2,1H3,(H,28,29)(H2,23,24,26,27). The zero-order valence-electron chi connectivity index (χ0n) is 15.7. The molecule has 2 aromatic carbocycles. The van der Waals surface area contributed by atoms with Crippen LogP contribution in [0.25, 0.3) is 10.9 Å². The predicted molar refractivity (Wildman–Crippen MR) is 114 cm³/mol. The van der Waals surface area contributed by atoms with E-state index < -0.39 is 0 Å². The smallest absolute Gasteiger partial charge is 0.269 e. The molecule has 2 heterocycles. The van der Waals surface area contributed by atoms with Crippen LogP contribution in [0.3, 0.4) is 0 Å². The second-order valence-electron chi connectivity index (χ2n) is 6.38. The number of fused-ring (bicyclic) bond motifs is 1. The van der Waals surface area contributed by atoms with Crippen LogP contribution in [0.15, 0.2) is 67.0 Å². The quantitative estimate of drug-likeness (QED) is 0.389. The van der Waals surface area contributed by atoms with Gasteiger partial charge in [0.25, 0.3) is 5.91 Å². The van der Waals surface area contributed by atoms with Gasteiger partial charge in [0.05, 0.1) is 5.52 Å². The zero-order valence-corrected chi connectivity index (χ0v) is 15.7. The van der Waals surface area contributed by atoms with Crippen molar-refractivity contribution in [1.82, 2.24) is 20.4 Å². The van der Waals surface area contributed by atoms with Gasteiger partial charge in [-0.2, -0.15) is 0 Å². The highest BCUT2D eigenvalue weighted by Gasteiger charge is 2.11. The highest BCUT2D eigenvalue weighted by Crippen LogP contribution is 2.29. The van der Waals surface area contributed by atoms with Crippen LogP contribution in [-0.4, -0.2) is 20.9 Å². The molecule has 0 fully saturated rings. The van der Waals surface area contributed by atoms with Gasteiger partial charge in [0.15, 0.2) is 11.6 Å². The number of carbonyl (C=O) groups is 1. The van der Waals surface area contributed by atoms with Gasteiger partial charge in [-0.25, -0.2) is 9.97 Å². The van der Waals surface area contributed by atoms with Crippen LogP contribution in [0.4, 0.5) is 23.0 Å². The summed E-state index contributed by atoms with van der Waals surface area (Å²) < 4.78 is 0. The maximum absolute atomic E-state index is 12.2. The van der Waals surface area contributed by atoms with E-state index in [0.717, 1.165) is 22.3 Å². The van der Waals surface area contributed by atoms with Crippen LogP contribution in [-0.2, 0) is 0 Å². The summed E-state index contributed by atoms with van der Waals surface area (Å²) in [6.45, 7) is 1.95. The van der Waals surface area contributed by atoms with Crippen molar-refractivity contribution in [3.63, 3.8) is 0 Å². The normalized spacial score (nSPS) is 10.5.